The Hall–Kier alpha value is -2.15. The van der Waals surface area contributed by atoms with E-state index in [1.165, 1.54) is 5.56 Å². The molecule has 2 aromatic rings. The zero-order chi connectivity index (χ0) is 18.9. The molecule has 6 nitrogen and oxygen atoms in total. The van der Waals surface area contributed by atoms with Crippen LogP contribution in [0.2, 0.25) is 0 Å². The summed E-state index contributed by atoms with van der Waals surface area (Å²) in [5, 5.41) is 0. The van der Waals surface area contributed by atoms with Gasteiger partial charge in [-0.3, -0.25) is 4.79 Å². The number of hydrogen-bond acceptors (Lipinski definition) is 4. The summed E-state index contributed by atoms with van der Waals surface area (Å²) < 4.78 is 25.5. The molecule has 3 heterocycles. The quantitative estimate of drug-likeness (QED) is 0.805. The molecular formula is C20H25N3O3S. The van der Waals surface area contributed by atoms with Crippen molar-refractivity contribution in [2.24, 2.45) is 5.92 Å². The third kappa shape index (κ3) is 4.08. The van der Waals surface area contributed by atoms with E-state index in [4.69, 9.17) is 0 Å². The van der Waals surface area contributed by atoms with Crippen LogP contribution in [0.3, 0.4) is 0 Å². The van der Waals surface area contributed by atoms with Gasteiger partial charge in [0.15, 0.2) is 9.84 Å². The number of carbonyl (C=O) groups excluding carboxylic acids is 1. The van der Waals surface area contributed by atoms with Crippen LogP contribution in [0.25, 0.3) is 0 Å². The smallest absolute Gasteiger partial charge is 0.226 e. The first-order chi connectivity index (χ1) is 13.0. The van der Waals surface area contributed by atoms with Gasteiger partial charge in [0.2, 0.25) is 5.91 Å². The van der Waals surface area contributed by atoms with Gasteiger partial charge in [-0.2, -0.15) is 0 Å². The number of benzene rings is 1. The third-order valence-electron chi connectivity index (χ3n) is 5.70. The highest BCUT2D eigenvalue weighted by atomic mass is 32.2. The Labute approximate surface area is 160 Å². The van der Waals surface area contributed by atoms with Gasteiger partial charge >= 0.3 is 0 Å². The monoisotopic (exact) mass is 387 g/mol. The van der Waals surface area contributed by atoms with Crippen LogP contribution in [0.15, 0.2) is 42.7 Å². The molecule has 1 aromatic carbocycles. The van der Waals surface area contributed by atoms with E-state index >= 15 is 0 Å². The van der Waals surface area contributed by atoms with Crippen molar-refractivity contribution >= 4 is 15.7 Å². The van der Waals surface area contributed by atoms with Crippen LogP contribution in [-0.4, -0.2) is 53.4 Å². The van der Waals surface area contributed by atoms with Crippen molar-refractivity contribution in [3.8, 4) is 0 Å². The van der Waals surface area contributed by atoms with E-state index in [2.05, 4.69) is 21.7 Å². The normalized spacial score (nSPS) is 22.8. The average molecular weight is 388 g/mol. The fraction of sp³-hybridized carbons (Fsp3) is 0.500. The Balaban J connectivity index is 1.37. The molecule has 7 heteroatoms. The van der Waals surface area contributed by atoms with Crippen LogP contribution in [0, 0.1) is 5.92 Å². The number of likely N-dealkylation sites (tertiary alicyclic amines) is 1. The zero-order valence-electron chi connectivity index (χ0n) is 15.3. The summed E-state index contributed by atoms with van der Waals surface area (Å²) in [7, 11) is -3.02. The molecule has 1 amide bonds. The van der Waals surface area contributed by atoms with Crippen molar-refractivity contribution in [2.75, 3.05) is 24.6 Å². The third-order valence-corrected chi connectivity index (χ3v) is 7.46. The molecule has 0 saturated carbocycles. The van der Waals surface area contributed by atoms with Crippen molar-refractivity contribution in [1.29, 1.82) is 0 Å². The number of imidazole rings is 1. The molecule has 0 aliphatic carbocycles. The van der Waals surface area contributed by atoms with Gasteiger partial charge in [0.25, 0.3) is 0 Å². The van der Waals surface area contributed by atoms with E-state index in [0.29, 0.717) is 25.4 Å². The Bertz CT molecular complexity index is 900. The summed E-state index contributed by atoms with van der Waals surface area (Å²) in [5.74, 6) is 1.26. The van der Waals surface area contributed by atoms with Gasteiger partial charge in [0.1, 0.15) is 5.82 Å². The number of piperidine rings is 1. The summed E-state index contributed by atoms with van der Waals surface area (Å²) in [6, 6.07) is 10.3. The van der Waals surface area contributed by atoms with Gasteiger partial charge < -0.3 is 9.47 Å². The molecule has 0 N–H and O–H groups in total. The Kier molecular flexibility index (Phi) is 5.04. The van der Waals surface area contributed by atoms with E-state index in [-0.39, 0.29) is 23.3 Å². The maximum atomic E-state index is 12.6. The summed E-state index contributed by atoms with van der Waals surface area (Å²) in [4.78, 5) is 19.1. The van der Waals surface area contributed by atoms with Gasteiger partial charge in [-0.1, -0.05) is 30.3 Å². The van der Waals surface area contributed by atoms with E-state index in [1.807, 2.05) is 35.5 Å². The lowest BCUT2D eigenvalue weighted by atomic mass is 9.94. The topological polar surface area (TPSA) is 72.3 Å². The van der Waals surface area contributed by atoms with Gasteiger partial charge in [-0.25, -0.2) is 13.4 Å². The summed E-state index contributed by atoms with van der Waals surface area (Å²) >= 11 is 0. The summed E-state index contributed by atoms with van der Waals surface area (Å²) in [6.45, 7) is 2.16. The second kappa shape index (κ2) is 7.46. The first kappa shape index (κ1) is 18.2. The Morgan fingerprint density at radius 3 is 2.52 bits per heavy atom. The number of hydrogen-bond donors (Lipinski definition) is 0. The first-order valence-corrected chi connectivity index (χ1v) is 11.4. The van der Waals surface area contributed by atoms with Gasteiger partial charge in [0.05, 0.1) is 17.4 Å². The number of sulfone groups is 1. The number of nitrogens with zero attached hydrogens (tertiary/aromatic N) is 3. The molecule has 4 rings (SSSR count). The standard InChI is InChI=1S/C20H25N3O3S/c24-20(18-8-13-27(25,26)15-18)22-10-6-17(7-11-22)19-21-9-12-23(19)14-16-4-2-1-3-5-16/h1-5,9,12,17-18H,6-8,10-11,13-15H2/t18-/m1/s1. The summed E-state index contributed by atoms with van der Waals surface area (Å²) in [5.41, 5.74) is 1.24. The van der Waals surface area contributed by atoms with Crippen LogP contribution in [0.4, 0.5) is 0 Å². The van der Waals surface area contributed by atoms with Crippen LogP contribution in [0.1, 0.15) is 36.6 Å². The number of aromatic nitrogens is 2. The molecule has 27 heavy (non-hydrogen) atoms. The maximum absolute atomic E-state index is 12.6. The average Bonchev–Trinajstić information content (AvgIpc) is 3.28. The zero-order valence-corrected chi connectivity index (χ0v) is 16.1. The van der Waals surface area contributed by atoms with Crippen LogP contribution in [-0.2, 0) is 21.2 Å². The molecule has 0 unspecified atom stereocenters. The van der Waals surface area contributed by atoms with Crippen molar-refractivity contribution in [3.05, 3.63) is 54.1 Å². The number of amides is 1. The Morgan fingerprint density at radius 1 is 1.11 bits per heavy atom. The highest BCUT2D eigenvalue weighted by Gasteiger charge is 2.36. The van der Waals surface area contributed by atoms with Crippen LogP contribution >= 0.6 is 0 Å². The van der Waals surface area contributed by atoms with Gasteiger partial charge in [-0.15, -0.1) is 0 Å². The molecule has 2 aliphatic heterocycles. The van der Waals surface area contributed by atoms with Crippen molar-refractivity contribution in [2.45, 2.75) is 31.7 Å². The molecule has 2 saturated heterocycles. The minimum absolute atomic E-state index is 0.0159. The Morgan fingerprint density at radius 2 is 1.85 bits per heavy atom. The maximum Gasteiger partial charge on any atom is 0.226 e. The SMILES string of the molecule is O=C([C@@H]1CCS(=O)(=O)C1)N1CCC(c2nccn2Cc2ccccc2)CC1. The molecule has 2 fully saturated rings. The summed E-state index contributed by atoms with van der Waals surface area (Å²) in [6.07, 6.45) is 6.08. The molecule has 1 aromatic heterocycles. The van der Waals surface area contributed by atoms with E-state index in [0.717, 1.165) is 25.2 Å². The van der Waals surface area contributed by atoms with Gasteiger partial charge in [-0.05, 0) is 24.8 Å². The van der Waals surface area contributed by atoms with E-state index in [1.54, 1.807) is 0 Å². The van der Waals surface area contributed by atoms with Crippen molar-refractivity contribution < 1.29 is 13.2 Å². The van der Waals surface area contributed by atoms with E-state index < -0.39 is 9.84 Å². The minimum atomic E-state index is -3.02. The second-order valence-electron chi connectivity index (χ2n) is 7.60. The lowest BCUT2D eigenvalue weighted by Gasteiger charge is -2.33. The van der Waals surface area contributed by atoms with Crippen LogP contribution in [0.5, 0.6) is 0 Å². The fourth-order valence-corrected chi connectivity index (χ4v) is 5.93. The molecule has 0 bridgehead atoms. The minimum Gasteiger partial charge on any atom is -0.342 e. The first-order valence-electron chi connectivity index (χ1n) is 9.56. The molecule has 144 valence electrons. The fourth-order valence-electron chi connectivity index (χ4n) is 4.20. The van der Waals surface area contributed by atoms with E-state index in [9.17, 15) is 13.2 Å². The van der Waals surface area contributed by atoms with Gasteiger partial charge in [0, 0.05) is 37.9 Å². The molecule has 2 aliphatic rings. The van der Waals surface area contributed by atoms with Crippen molar-refractivity contribution in [1.82, 2.24) is 14.5 Å². The second-order valence-corrected chi connectivity index (χ2v) is 9.83. The van der Waals surface area contributed by atoms with Crippen molar-refractivity contribution in [3.63, 3.8) is 0 Å². The highest BCUT2D eigenvalue weighted by Crippen LogP contribution is 2.29. The lowest BCUT2D eigenvalue weighted by Crippen LogP contribution is -2.42. The predicted octanol–water partition coefficient (Wildman–Crippen LogP) is 2.07. The molecular weight excluding hydrogens is 362 g/mol. The molecule has 1 atom stereocenters. The molecule has 0 spiro atoms. The predicted molar refractivity (Wildman–Crippen MR) is 103 cm³/mol. The lowest BCUT2D eigenvalue weighted by molar-refractivity contribution is -0.135. The van der Waals surface area contributed by atoms with Crippen LogP contribution < -0.4 is 0 Å². The highest BCUT2D eigenvalue weighted by molar-refractivity contribution is 7.91. The largest absolute Gasteiger partial charge is 0.342 e. The number of rotatable bonds is 4. The molecule has 0 radical (unpaired) electrons. The number of carbonyl (C=O) groups is 1.